The summed E-state index contributed by atoms with van der Waals surface area (Å²) in [7, 11) is 0. The monoisotopic (exact) mass is 981 g/mol. The molecule has 11 nitrogen and oxygen atoms in total. The molecule has 0 radical (unpaired) electrons. The zero-order valence-corrected chi connectivity index (χ0v) is 44.2. The van der Waals surface area contributed by atoms with Crippen LogP contribution in [-0.4, -0.2) is 110 Å². The number of carbonyl (C=O) groups excluding carboxylic acids is 2. The molecule has 4 aromatic rings. The molecule has 2 N–H and O–H groups in total. The van der Waals surface area contributed by atoms with Crippen LogP contribution >= 0.6 is 0 Å². The summed E-state index contributed by atoms with van der Waals surface area (Å²) in [4.78, 5) is 28.6. The maximum absolute atomic E-state index is 12.0. The summed E-state index contributed by atoms with van der Waals surface area (Å²) in [6.07, 6.45) is 12.6. The third-order valence-electron chi connectivity index (χ3n) is 14.5. The molecule has 2 aliphatic heterocycles. The van der Waals surface area contributed by atoms with Crippen molar-refractivity contribution in [3.8, 4) is 11.5 Å². The van der Waals surface area contributed by atoms with Gasteiger partial charge in [0.25, 0.3) is 0 Å². The first-order valence-corrected chi connectivity index (χ1v) is 27.4. The number of phenols is 1. The highest BCUT2D eigenvalue weighted by molar-refractivity contribution is 5.85. The van der Waals surface area contributed by atoms with Crippen molar-refractivity contribution < 1.29 is 43.5 Å². The van der Waals surface area contributed by atoms with Crippen LogP contribution in [0.1, 0.15) is 130 Å². The number of likely N-dealkylation sites (tertiary alicyclic amines) is 2. The standard InChI is InChI=1S/C30H43NO4.C19H23NO3.C11H22O2/c1-4-34-30(32)25-13-15-31(16-14-25)19-24-5-8-27-18-29(12-9-26(27)17-24)35-28-10-6-23(7-11-28)21-33-20-22(2)3;1-2-23-19(22)15-7-9-20(10-8-15)13-14-3-4-17-12-18(21)6-5-16(17)11-14;1-9(2)7-13-8-10-3-5-11(12)6-4-10/h5,8-9,12,17-18,22-23,25,28H,4,6-7,10-11,13-16,19-21H2,1-3H3;3-6,11-12,15,21H,2,7-10,13H2,1H3;9-12H,3-8H2,1-2H3. The lowest BCUT2D eigenvalue weighted by atomic mass is 9.88. The molecule has 0 aromatic heterocycles. The van der Waals surface area contributed by atoms with E-state index in [1.807, 2.05) is 19.9 Å². The Hall–Kier alpha value is -4.26. The lowest BCUT2D eigenvalue weighted by Gasteiger charge is -2.30. The van der Waals surface area contributed by atoms with E-state index in [1.54, 1.807) is 12.1 Å². The Kier molecular flexibility index (Phi) is 23.2. The zero-order chi connectivity index (χ0) is 50.5. The molecule has 392 valence electrons. The molecule has 0 atom stereocenters. The summed E-state index contributed by atoms with van der Waals surface area (Å²) in [5, 5.41) is 23.5. The van der Waals surface area contributed by atoms with Crippen LogP contribution in [0, 0.1) is 35.5 Å². The van der Waals surface area contributed by atoms with Gasteiger partial charge in [0.05, 0.1) is 37.3 Å². The van der Waals surface area contributed by atoms with E-state index in [9.17, 15) is 19.8 Å². The van der Waals surface area contributed by atoms with Gasteiger partial charge in [-0.25, -0.2) is 0 Å². The van der Waals surface area contributed by atoms with Crippen molar-refractivity contribution >= 4 is 33.5 Å². The Bertz CT molecular complexity index is 2180. The van der Waals surface area contributed by atoms with Crippen LogP contribution in [0.4, 0.5) is 0 Å². The van der Waals surface area contributed by atoms with Gasteiger partial charge >= 0.3 is 11.9 Å². The minimum Gasteiger partial charge on any atom is -0.508 e. The van der Waals surface area contributed by atoms with Gasteiger partial charge in [-0.3, -0.25) is 19.4 Å². The highest BCUT2D eigenvalue weighted by atomic mass is 16.5. The predicted molar refractivity (Wildman–Crippen MR) is 284 cm³/mol. The number of rotatable bonds is 18. The maximum Gasteiger partial charge on any atom is 0.309 e. The molecule has 0 bridgehead atoms. The second-order valence-corrected chi connectivity index (χ2v) is 21.6. The lowest BCUT2D eigenvalue weighted by molar-refractivity contribution is -0.150. The normalized spacial score (nSPS) is 21.6. The van der Waals surface area contributed by atoms with Crippen LogP contribution in [0.2, 0.25) is 0 Å². The van der Waals surface area contributed by atoms with Crippen molar-refractivity contribution in [2.24, 2.45) is 35.5 Å². The number of hydrogen-bond acceptors (Lipinski definition) is 11. The Morgan fingerprint density at radius 3 is 1.44 bits per heavy atom. The molecule has 0 amide bonds. The van der Waals surface area contributed by atoms with E-state index >= 15 is 0 Å². The van der Waals surface area contributed by atoms with E-state index in [2.05, 4.69) is 92.1 Å². The van der Waals surface area contributed by atoms with E-state index in [1.165, 1.54) is 34.7 Å². The molecule has 71 heavy (non-hydrogen) atoms. The van der Waals surface area contributed by atoms with Crippen molar-refractivity contribution in [3.63, 3.8) is 0 Å². The second-order valence-electron chi connectivity index (χ2n) is 21.6. The molecular formula is C60H88N2O9. The highest BCUT2D eigenvalue weighted by Gasteiger charge is 2.28. The van der Waals surface area contributed by atoms with Crippen LogP contribution < -0.4 is 4.74 Å². The van der Waals surface area contributed by atoms with E-state index in [0.29, 0.717) is 48.7 Å². The second kappa shape index (κ2) is 29.4. The largest absolute Gasteiger partial charge is 0.508 e. The first-order valence-electron chi connectivity index (χ1n) is 27.4. The zero-order valence-electron chi connectivity index (χ0n) is 44.2. The van der Waals surface area contributed by atoms with E-state index in [-0.39, 0.29) is 29.9 Å². The van der Waals surface area contributed by atoms with Gasteiger partial charge in [0.2, 0.25) is 0 Å². The van der Waals surface area contributed by atoms with E-state index in [4.69, 9.17) is 23.7 Å². The number of hydrogen-bond donors (Lipinski definition) is 2. The van der Waals surface area contributed by atoms with Gasteiger partial charge in [0.1, 0.15) is 11.5 Å². The van der Waals surface area contributed by atoms with Crippen molar-refractivity contribution in [1.29, 1.82) is 0 Å². The molecule has 2 heterocycles. The number of esters is 2. The molecule has 4 aromatic carbocycles. The number of piperidine rings is 2. The third kappa shape index (κ3) is 19.3. The summed E-state index contributed by atoms with van der Waals surface area (Å²) in [6, 6.07) is 25.0. The van der Waals surface area contributed by atoms with Crippen molar-refractivity contribution in [2.45, 2.75) is 144 Å². The highest BCUT2D eigenvalue weighted by Crippen LogP contribution is 2.31. The molecule has 2 saturated carbocycles. The number of benzene rings is 4. The van der Waals surface area contributed by atoms with Crippen molar-refractivity contribution in [2.75, 3.05) is 65.8 Å². The number of ether oxygens (including phenoxy) is 5. The van der Waals surface area contributed by atoms with Gasteiger partial charge in [0.15, 0.2) is 0 Å². The number of aromatic hydroxyl groups is 1. The molecular weight excluding hydrogens is 893 g/mol. The topological polar surface area (TPSA) is 127 Å². The van der Waals surface area contributed by atoms with Gasteiger partial charge in [-0.1, -0.05) is 64.1 Å². The SMILES string of the molecule is CC(C)COCC1CCC(O)CC1.CCOC(=O)C1CCN(Cc2ccc3cc(O)ccc3c2)CC1.CCOC(=O)C1CCN(Cc2ccc3cc(OC4CCC(COCC(C)C)CC4)ccc3c2)CC1. The van der Waals surface area contributed by atoms with Gasteiger partial charge in [-0.2, -0.15) is 0 Å². The number of carbonyl (C=O) groups is 2. The fourth-order valence-corrected chi connectivity index (χ4v) is 10.4. The molecule has 4 aliphatic rings. The Balaban J connectivity index is 0.000000195. The van der Waals surface area contributed by atoms with Crippen LogP contribution in [0.5, 0.6) is 11.5 Å². The number of nitrogens with zero attached hydrogens (tertiary/aromatic N) is 2. The summed E-state index contributed by atoms with van der Waals surface area (Å²) < 4.78 is 28.1. The van der Waals surface area contributed by atoms with Gasteiger partial charge < -0.3 is 33.9 Å². The van der Waals surface area contributed by atoms with Crippen LogP contribution in [0.25, 0.3) is 21.5 Å². The molecule has 2 aliphatic carbocycles. The quantitative estimate of drug-likeness (QED) is 0.0925. The number of fused-ring (bicyclic) bond motifs is 2. The maximum atomic E-state index is 12.0. The minimum atomic E-state index is -0.0438. The van der Waals surface area contributed by atoms with Gasteiger partial charge in [-0.05, 0) is 210 Å². The Labute approximate surface area is 425 Å². The molecule has 2 saturated heterocycles. The lowest BCUT2D eigenvalue weighted by Crippen LogP contribution is -2.36. The van der Waals surface area contributed by atoms with E-state index in [0.717, 1.165) is 146 Å². The average molecular weight is 981 g/mol. The fourth-order valence-electron chi connectivity index (χ4n) is 10.4. The number of phenolic OH excluding ortho intramolecular Hbond substituents is 1. The number of aliphatic hydroxyl groups is 1. The van der Waals surface area contributed by atoms with Crippen molar-refractivity contribution in [3.05, 3.63) is 83.9 Å². The summed E-state index contributed by atoms with van der Waals surface area (Å²) in [5.41, 5.74) is 2.58. The van der Waals surface area contributed by atoms with Crippen LogP contribution in [0.15, 0.2) is 72.8 Å². The first-order chi connectivity index (χ1) is 34.3. The molecule has 4 fully saturated rings. The summed E-state index contributed by atoms with van der Waals surface area (Å²) >= 11 is 0. The van der Waals surface area contributed by atoms with Gasteiger partial charge in [0, 0.05) is 39.5 Å². The predicted octanol–water partition coefficient (Wildman–Crippen LogP) is 11.8. The summed E-state index contributed by atoms with van der Waals surface area (Å²) in [6.45, 7) is 22.5. The smallest absolute Gasteiger partial charge is 0.309 e. The first kappa shape index (κ1) is 56.0. The number of aliphatic hydroxyl groups excluding tert-OH is 1. The average Bonchev–Trinajstić information content (AvgIpc) is 3.36. The van der Waals surface area contributed by atoms with Crippen molar-refractivity contribution in [1.82, 2.24) is 9.80 Å². The van der Waals surface area contributed by atoms with Crippen LogP contribution in [0.3, 0.4) is 0 Å². The minimum absolute atomic E-state index is 0.0282. The Morgan fingerprint density at radius 1 is 0.549 bits per heavy atom. The van der Waals surface area contributed by atoms with Gasteiger partial charge in [-0.15, -0.1) is 0 Å². The Morgan fingerprint density at radius 2 is 0.972 bits per heavy atom. The molecule has 8 rings (SSSR count). The molecule has 0 spiro atoms. The third-order valence-corrected chi connectivity index (χ3v) is 14.5. The summed E-state index contributed by atoms with van der Waals surface area (Å²) in [5.74, 6) is 3.94. The van der Waals surface area contributed by atoms with E-state index < -0.39 is 0 Å². The molecule has 11 heteroatoms. The van der Waals surface area contributed by atoms with Crippen LogP contribution in [-0.2, 0) is 41.6 Å². The fraction of sp³-hybridized carbons (Fsp3) is 0.633. The molecule has 0 unspecified atom stereocenters.